The van der Waals surface area contributed by atoms with Gasteiger partial charge >= 0.3 is 0 Å². The van der Waals surface area contributed by atoms with Crippen molar-refractivity contribution in [3.05, 3.63) is 83.1 Å². The molecule has 0 aliphatic rings. The number of amides is 1. The van der Waals surface area contributed by atoms with Crippen LogP contribution < -0.4 is 10.1 Å². The second-order valence-electron chi connectivity index (χ2n) is 6.87. The normalized spacial score (nSPS) is 11.8. The van der Waals surface area contributed by atoms with Gasteiger partial charge in [0.2, 0.25) is 0 Å². The average Bonchev–Trinajstić information content (AvgIpc) is 3.41. The van der Waals surface area contributed by atoms with E-state index in [1.54, 1.807) is 18.7 Å². The maximum absolute atomic E-state index is 12.8. The number of ether oxygens (including phenoxy) is 1. The van der Waals surface area contributed by atoms with Crippen molar-refractivity contribution in [2.45, 2.75) is 19.9 Å². The first-order valence-corrected chi connectivity index (χ1v) is 10.5. The molecule has 1 N–H and O–H groups in total. The number of benzene rings is 2. The summed E-state index contributed by atoms with van der Waals surface area (Å²) >= 11 is 1.42. The molecule has 0 saturated heterocycles. The van der Waals surface area contributed by atoms with E-state index in [1.165, 1.54) is 11.3 Å². The molecule has 7 heteroatoms. The molecular formula is C23H22N4O2S. The van der Waals surface area contributed by atoms with Crippen molar-refractivity contribution in [1.29, 1.82) is 0 Å². The molecule has 1 amide bonds. The van der Waals surface area contributed by atoms with Gasteiger partial charge in [0.15, 0.2) is 0 Å². The highest BCUT2D eigenvalue weighted by Gasteiger charge is 2.19. The van der Waals surface area contributed by atoms with Crippen LogP contribution in [0.3, 0.4) is 0 Å². The van der Waals surface area contributed by atoms with Crippen LogP contribution in [0.2, 0.25) is 0 Å². The van der Waals surface area contributed by atoms with Crippen LogP contribution in [-0.4, -0.2) is 27.8 Å². The Balaban J connectivity index is 1.51. The molecule has 6 nitrogen and oxygen atoms in total. The standard InChI is InChI=1S/C23H22N4O2S/c1-15(19-13-24-27(16(19)2)17-9-5-4-6-10-17)25-22(28)20-14-30-23(26-20)18-11-7-8-12-21(18)29-3/h4-15H,1-3H3,(H,25,28). The topological polar surface area (TPSA) is 69.0 Å². The van der Waals surface area contributed by atoms with Crippen molar-refractivity contribution < 1.29 is 9.53 Å². The predicted octanol–water partition coefficient (Wildman–Crippen LogP) is 4.80. The minimum atomic E-state index is -0.216. The van der Waals surface area contributed by atoms with Gasteiger partial charge in [0.25, 0.3) is 5.91 Å². The van der Waals surface area contributed by atoms with Gasteiger partial charge in [0, 0.05) is 16.6 Å². The molecule has 30 heavy (non-hydrogen) atoms. The van der Waals surface area contributed by atoms with Gasteiger partial charge in [-0.05, 0) is 38.1 Å². The molecule has 0 spiro atoms. The highest BCUT2D eigenvalue weighted by atomic mass is 32.1. The third-order valence-electron chi connectivity index (χ3n) is 4.94. The van der Waals surface area contributed by atoms with Gasteiger partial charge < -0.3 is 10.1 Å². The molecule has 4 rings (SSSR count). The quantitative estimate of drug-likeness (QED) is 0.488. The fourth-order valence-corrected chi connectivity index (χ4v) is 4.18. The minimum Gasteiger partial charge on any atom is -0.496 e. The lowest BCUT2D eigenvalue weighted by Crippen LogP contribution is -2.27. The molecule has 4 aromatic rings. The fraction of sp³-hybridized carbons (Fsp3) is 0.174. The molecule has 0 aliphatic heterocycles. The lowest BCUT2D eigenvalue weighted by atomic mass is 10.1. The number of hydrogen-bond donors (Lipinski definition) is 1. The molecule has 0 aliphatic carbocycles. The third kappa shape index (κ3) is 3.84. The molecule has 0 bridgehead atoms. The van der Waals surface area contributed by atoms with Crippen molar-refractivity contribution in [3.8, 4) is 22.0 Å². The summed E-state index contributed by atoms with van der Waals surface area (Å²) in [6.45, 7) is 3.95. The largest absolute Gasteiger partial charge is 0.496 e. The molecule has 2 heterocycles. The van der Waals surface area contributed by atoms with Crippen molar-refractivity contribution in [3.63, 3.8) is 0 Å². The SMILES string of the molecule is COc1ccccc1-c1nc(C(=O)NC(C)c2cnn(-c3ccccc3)c2C)cs1. The van der Waals surface area contributed by atoms with E-state index in [-0.39, 0.29) is 11.9 Å². The Kier molecular flexibility index (Phi) is 5.63. The second kappa shape index (κ2) is 8.51. The van der Waals surface area contributed by atoms with Crippen LogP contribution in [0.15, 0.2) is 66.2 Å². The molecular weight excluding hydrogens is 396 g/mol. The first kappa shape index (κ1) is 19.8. The van der Waals surface area contributed by atoms with Crippen LogP contribution in [-0.2, 0) is 0 Å². The fourth-order valence-electron chi connectivity index (χ4n) is 3.35. The Labute approximate surface area is 179 Å². The molecule has 152 valence electrons. The van der Waals surface area contributed by atoms with Crippen LogP contribution in [0.25, 0.3) is 16.3 Å². The average molecular weight is 419 g/mol. The Morgan fingerprint density at radius 1 is 1.13 bits per heavy atom. The van der Waals surface area contributed by atoms with E-state index in [1.807, 2.05) is 73.1 Å². The van der Waals surface area contributed by atoms with Crippen molar-refractivity contribution in [2.75, 3.05) is 7.11 Å². The molecule has 0 saturated carbocycles. The van der Waals surface area contributed by atoms with E-state index < -0.39 is 0 Å². The lowest BCUT2D eigenvalue weighted by Gasteiger charge is -2.13. The van der Waals surface area contributed by atoms with E-state index in [4.69, 9.17) is 4.74 Å². The van der Waals surface area contributed by atoms with Gasteiger partial charge in [-0.2, -0.15) is 5.10 Å². The summed E-state index contributed by atoms with van der Waals surface area (Å²) in [5.74, 6) is 0.517. The number of carbonyl (C=O) groups excluding carboxylic acids is 1. The zero-order valence-electron chi connectivity index (χ0n) is 17.0. The Bertz CT molecular complexity index is 1170. The van der Waals surface area contributed by atoms with Gasteiger partial charge in [0.05, 0.1) is 30.6 Å². The first-order chi connectivity index (χ1) is 14.6. The van der Waals surface area contributed by atoms with E-state index in [0.717, 1.165) is 33.3 Å². The lowest BCUT2D eigenvalue weighted by molar-refractivity contribution is 0.0935. The Morgan fingerprint density at radius 2 is 1.87 bits per heavy atom. The zero-order valence-corrected chi connectivity index (χ0v) is 17.8. The minimum absolute atomic E-state index is 0.202. The van der Waals surface area contributed by atoms with Gasteiger partial charge in [-0.25, -0.2) is 9.67 Å². The number of rotatable bonds is 6. The van der Waals surface area contributed by atoms with Gasteiger partial charge in [-0.3, -0.25) is 4.79 Å². The number of aromatic nitrogens is 3. The summed E-state index contributed by atoms with van der Waals surface area (Å²) in [6.07, 6.45) is 1.80. The zero-order chi connectivity index (χ0) is 21.1. The molecule has 0 fully saturated rings. The number of para-hydroxylation sites is 2. The van der Waals surface area contributed by atoms with E-state index in [2.05, 4.69) is 15.4 Å². The van der Waals surface area contributed by atoms with Crippen molar-refractivity contribution in [2.24, 2.45) is 0 Å². The number of nitrogens with zero attached hydrogens (tertiary/aromatic N) is 3. The summed E-state index contributed by atoms with van der Waals surface area (Å²) in [5, 5.41) is 10.0. The van der Waals surface area contributed by atoms with E-state index in [0.29, 0.717) is 5.69 Å². The first-order valence-electron chi connectivity index (χ1n) is 9.58. The summed E-state index contributed by atoms with van der Waals surface area (Å²) in [4.78, 5) is 17.3. The highest BCUT2D eigenvalue weighted by molar-refractivity contribution is 7.13. The van der Waals surface area contributed by atoms with Crippen LogP contribution in [0.5, 0.6) is 5.75 Å². The number of thiazole rings is 1. The smallest absolute Gasteiger partial charge is 0.271 e. The third-order valence-corrected chi connectivity index (χ3v) is 5.81. The summed E-state index contributed by atoms with van der Waals surface area (Å²) in [6, 6.07) is 17.4. The van der Waals surface area contributed by atoms with Crippen LogP contribution in [0, 0.1) is 6.92 Å². The number of nitrogens with one attached hydrogen (secondary N) is 1. The predicted molar refractivity (Wildman–Crippen MR) is 118 cm³/mol. The number of hydrogen-bond acceptors (Lipinski definition) is 5. The highest BCUT2D eigenvalue weighted by Crippen LogP contribution is 2.32. The maximum Gasteiger partial charge on any atom is 0.271 e. The van der Waals surface area contributed by atoms with Crippen LogP contribution >= 0.6 is 11.3 Å². The van der Waals surface area contributed by atoms with Crippen LogP contribution in [0.1, 0.15) is 34.7 Å². The maximum atomic E-state index is 12.8. The van der Waals surface area contributed by atoms with Gasteiger partial charge in [-0.1, -0.05) is 30.3 Å². The number of methoxy groups -OCH3 is 1. The van der Waals surface area contributed by atoms with E-state index >= 15 is 0 Å². The molecule has 2 aromatic heterocycles. The number of carbonyl (C=O) groups is 1. The van der Waals surface area contributed by atoms with Crippen molar-refractivity contribution in [1.82, 2.24) is 20.1 Å². The Hall–Kier alpha value is -3.45. The summed E-state index contributed by atoms with van der Waals surface area (Å²) < 4.78 is 7.28. The summed E-state index contributed by atoms with van der Waals surface area (Å²) in [7, 11) is 1.62. The van der Waals surface area contributed by atoms with Crippen LogP contribution in [0.4, 0.5) is 0 Å². The summed E-state index contributed by atoms with van der Waals surface area (Å²) in [5.41, 5.74) is 4.20. The molecule has 1 unspecified atom stereocenters. The Morgan fingerprint density at radius 3 is 2.63 bits per heavy atom. The van der Waals surface area contributed by atoms with Crippen molar-refractivity contribution >= 4 is 17.2 Å². The molecule has 1 atom stereocenters. The van der Waals surface area contributed by atoms with E-state index in [9.17, 15) is 4.79 Å². The molecule has 2 aromatic carbocycles. The second-order valence-corrected chi connectivity index (χ2v) is 7.72. The molecule has 0 radical (unpaired) electrons. The van der Waals surface area contributed by atoms with Gasteiger partial charge in [-0.15, -0.1) is 11.3 Å². The monoisotopic (exact) mass is 418 g/mol. The van der Waals surface area contributed by atoms with Gasteiger partial charge in [0.1, 0.15) is 16.5 Å².